The van der Waals surface area contributed by atoms with Gasteiger partial charge in [0, 0.05) is 25.8 Å². The van der Waals surface area contributed by atoms with Gasteiger partial charge in [-0.25, -0.2) is 4.39 Å². The lowest BCUT2D eigenvalue weighted by Gasteiger charge is -2.38. The highest BCUT2D eigenvalue weighted by Gasteiger charge is 2.52. The summed E-state index contributed by atoms with van der Waals surface area (Å²) in [6.45, 7) is 2.49. The molecule has 4 rings (SSSR count). The van der Waals surface area contributed by atoms with Crippen LogP contribution in [0.1, 0.15) is 61.0 Å². The molecule has 4 unspecified atom stereocenters. The molecule has 2 heterocycles. The topological polar surface area (TPSA) is 55.8 Å². The Bertz CT molecular complexity index is 1160. The van der Waals surface area contributed by atoms with Crippen LogP contribution >= 0.6 is 0 Å². The summed E-state index contributed by atoms with van der Waals surface area (Å²) < 4.78 is 106. The number of halogens is 7. The molecule has 2 aliphatic rings. The molecule has 5 nitrogen and oxygen atoms in total. The highest BCUT2D eigenvalue weighted by atomic mass is 19.4. The number of rotatable bonds is 5. The first kappa shape index (κ1) is 27.9. The number of nitrogens with zero attached hydrogens (tertiary/aromatic N) is 1. The van der Waals surface area contributed by atoms with Crippen molar-refractivity contribution in [1.82, 2.24) is 4.90 Å². The van der Waals surface area contributed by atoms with Gasteiger partial charge in [0.05, 0.1) is 29.4 Å². The van der Waals surface area contributed by atoms with Gasteiger partial charge in [0.25, 0.3) is 0 Å². The Morgan fingerprint density at radius 1 is 0.974 bits per heavy atom. The van der Waals surface area contributed by atoms with E-state index < -0.39 is 65.5 Å². The molecule has 5 atom stereocenters. The van der Waals surface area contributed by atoms with Gasteiger partial charge in [-0.2, -0.15) is 26.3 Å². The molecule has 0 spiro atoms. The van der Waals surface area contributed by atoms with Gasteiger partial charge in [0.1, 0.15) is 11.9 Å². The van der Waals surface area contributed by atoms with Crippen LogP contribution in [0.2, 0.25) is 0 Å². The third-order valence-corrected chi connectivity index (χ3v) is 6.88. The molecule has 2 aliphatic heterocycles. The van der Waals surface area contributed by atoms with Crippen LogP contribution in [0.3, 0.4) is 0 Å². The summed E-state index contributed by atoms with van der Waals surface area (Å²) >= 11 is 0. The second-order valence-corrected chi connectivity index (χ2v) is 9.46. The second-order valence-electron chi connectivity index (χ2n) is 9.46. The van der Waals surface area contributed by atoms with Gasteiger partial charge in [-0.15, -0.1) is 0 Å². The quantitative estimate of drug-likeness (QED) is 0.339. The lowest BCUT2D eigenvalue weighted by Crippen LogP contribution is -2.50. The maximum Gasteiger partial charge on any atom is 0.416 e. The number of ether oxygens (including phenoxy) is 2. The van der Waals surface area contributed by atoms with Crippen molar-refractivity contribution in [1.29, 1.82) is 0 Å². The number of carbonyl (C=O) groups is 2. The first-order valence-electron chi connectivity index (χ1n) is 11.8. The second kappa shape index (κ2) is 10.2. The fraction of sp³-hybridized carbons (Fsp3) is 0.462. The van der Waals surface area contributed by atoms with Crippen molar-refractivity contribution in [2.24, 2.45) is 0 Å². The molecule has 0 saturated carbocycles. The van der Waals surface area contributed by atoms with E-state index in [2.05, 4.69) is 0 Å². The van der Waals surface area contributed by atoms with Gasteiger partial charge in [0.2, 0.25) is 5.91 Å². The summed E-state index contributed by atoms with van der Waals surface area (Å²) in [5.41, 5.74) is -2.77. The zero-order valence-electron chi connectivity index (χ0n) is 20.3. The summed E-state index contributed by atoms with van der Waals surface area (Å²) in [6.07, 6.45) is -12.6. The molecular formula is C26H24F7NO4. The van der Waals surface area contributed by atoms with Crippen molar-refractivity contribution in [3.63, 3.8) is 0 Å². The van der Waals surface area contributed by atoms with E-state index in [9.17, 15) is 40.3 Å². The van der Waals surface area contributed by atoms with Gasteiger partial charge in [-0.1, -0.05) is 12.1 Å². The molecule has 1 amide bonds. The number of amides is 1. The van der Waals surface area contributed by atoms with E-state index in [0.29, 0.717) is 17.7 Å². The minimum absolute atomic E-state index is 0.0374. The Kier molecular flexibility index (Phi) is 7.48. The van der Waals surface area contributed by atoms with Gasteiger partial charge in [0.15, 0.2) is 0 Å². The molecule has 0 radical (unpaired) electrons. The zero-order chi connectivity index (χ0) is 28.0. The first-order chi connectivity index (χ1) is 17.6. The molecule has 0 N–H and O–H groups in total. The van der Waals surface area contributed by atoms with Gasteiger partial charge >= 0.3 is 18.3 Å². The Labute approximate surface area is 213 Å². The lowest BCUT2D eigenvalue weighted by atomic mass is 9.84. The van der Waals surface area contributed by atoms with Crippen LogP contribution in [0.4, 0.5) is 30.7 Å². The Morgan fingerprint density at radius 3 is 2.08 bits per heavy atom. The highest BCUT2D eigenvalue weighted by Crippen LogP contribution is 2.44. The van der Waals surface area contributed by atoms with E-state index in [4.69, 9.17) is 9.47 Å². The number of hydrogen-bond acceptors (Lipinski definition) is 4. The average Bonchev–Trinajstić information content (AvgIpc) is 3.20. The SMILES string of the molecule is CC(=O)OC1CCC(=O)N2CC(O[C@H](C)c3cc(C(F)(F)F)cc(C(F)(F)F)c3)C(c3ccc(F)cc3)C12. The number of benzene rings is 2. The molecule has 12 heteroatoms. The fourth-order valence-corrected chi connectivity index (χ4v) is 5.24. The minimum Gasteiger partial charge on any atom is -0.460 e. The molecule has 38 heavy (non-hydrogen) atoms. The van der Waals surface area contributed by atoms with E-state index >= 15 is 0 Å². The number of esters is 1. The summed E-state index contributed by atoms with van der Waals surface area (Å²) in [5, 5.41) is 0. The largest absolute Gasteiger partial charge is 0.460 e. The van der Waals surface area contributed by atoms with Crippen molar-refractivity contribution in [2.75, 3.05) is 6.54 Å². The van der Waals surface area contributed by atoms with Crippen molar-refractivity contribution in [2.45, 2.75) is 69.3 Å². The summed E-state index contributed by atoms with van der Waals surface area (Å²) in [6, 6.07) is 5.81. The van der Waals surface area contributed by atoms with Crippen molar-refractivity contribution >= 4 is 11.9 Å². The fourth-order valence-electron chi connectivity index (χ4n) is 5.24. The van der Waals surface area contributed by atoms with Crippen LogP contribution in [0, 0.1) is 5.82 Å². The van der Waals surface area contributed by atoms with Crippen LogP contribution in [0.5, 0.6) is 0 Å². The number of piperidine rings is 1. The predicted octanol–water partition coefficient (Wildman–Crippen LogP) is 6.03. The normalized spacial score (nSPS) is 24.8. The lowest BCUT2D eigenvalue weighted by molar-refractivity contribution is -0.158. The van der Waals surface area contributed by atoms with Gasteiger partial charge in [-0.3, -0.25) is 9.59 Å². The predicted molar refractivity (Wildman–Crippen MR) is 119 cm³/mol. The van der Waals surface area contributed by atoms with Crippen molar-refractivity contribution in [3.05, 3.63) is 70.5 Å². The molecule has 2 saturated heterocycles. The van der Waals surface area contributed by atoms with Gasteiger partial charge in [-0.05, 0) is 54.8 Å². The molecule has 2 aromatic rings. The van der Waals surface area contributed by atoms with E-state index in [1.165, 1.54) is 43.0 Å². The Morgan fingerprint density at radius 2 is 1.55 bits per heavy atom. The number of fused-ring (bicyclic) bond motifs is 1. The van der Waals surface area contributed by atoms with Crippen molar-refractivity contribution < 1.29 is 49.8 Å². The third kappa shape index (κ3) is 5.79. The van der Waals surface area contributed by atoms with E-state index in [0.717, 1.165) is 0 Å². The average molecular weight is 547 g/mol. The molecule has 2 fully saturated rings. The monoisotopic (exact) mass is 547 g/mol. The number of alkyl halides is 6. The summed E-state index contributed by atoms with van der Waals surface area (Å²) in [4.78, 5) is 26.0. The molecule has 206 valence electrons. The highest BCUT2D eigenvalue weighted by molar-refractivity contribution is 5.79. The molecule has 0 bridgehead atoms. The minimum atomic E-state index is -5.02. The number of carbonyl (C=O) groups excluding carboxylic acids is 2. The number of hydrogen-bond donors (Lipinski definition) is 0. The molecule has 0 aliphatic carbocycles. The maximum absolute atomic E-state index is 13.7. The van der Waals surface area contributed by atoms with Crippen LogP contribution in [-0.2, 0) is 31.4 Å². The van der Waals surface area contributed by atoms with Crippen molar-refractivity contribution in [3.8, 4) is 0 Å². The van der Waals surface area contributed by atoms with E-state index in [1.807, 2.05) is 0 Å². The summed E-state index contributed by atoms with van der Waals surface area (Å²) in [7, 11) is 0. The smallest absolute Gasteiger partial charge is 0.416 e. The van der Waals surface area contributed by atoms with Crippen LogP contribution in [0.25, 0.3) is 0 Å². The third-order valence-electron chi connectivity index (χ3n) is 6.88. The van der Waals surface area contributed by atoms with Gasteiger partial charge < -0.3 is 14.4 Å². The molecular weight excluding hydrogens is 523 g/mol. The molecule has 2 aromatic carbocycles. The Hall–Kier alpha value is -3.15. The standard InChI is InChI=1S/C26H24F7NO4/c1-13(16-9-17(25(28,29)30)11-18(10-16)26(31,32)33)37-21-12-34-22(36)8-7-20(38-14(2)35)24(34)23(21)15-3-5-19(27)6-4-15/h3-6,9-11,13,20-21,23-24H,7-8,12H2,1-2H3/t13-,20?,21?,23?,24?/m1/s1. The first-order valence-corrected chi connectivity index (χ1v) is 11.8. The summed E-state index contributed by atoms with van der Waals surface area (Å²) in [5.74, 6) is -2.07. The molecule has 0 aromatic heterocycles. The van der Waals surface area contributed by atoms with E-state index in [-0.39, 0.29) is 36.9 Å². The zero-order valence-corrected chi connectivity index (χ0v) is 20.3. The Balaban J connectivity index is 1.72. The van der Waals surface area contributed by atoms with Crippen LogP contribution in [0.15, 0.2) is 42.5 Å². The van der Waals surface area contributed by atoms with E-state index in [1.54, 1.807) is 0 Å². The van der Waals surface area contributed by atoms with Crippen LogP contribution < -0.4 is 0 Å². The van der Waals surface area contributed by atoms with Crippen LogP contribution in [-0.4, -0.2) is 41.6 Å². The maximum atomic E-state index is 13.7.